The van der Waals surface area contributed by atoms with Gasteiger partial charge in [0, 0.05) is 24.4 Å². The minimum atomic E-state index is -0.485. The molecule has 1 heterocycles. The van der Waals surface area contributed by atoms with Gasteiger partial charge in [-0.2, -0.15) is 0 Å². The summed E-state index contributed by atoms with van der Waals surface area (Å²) in [5, 5.41) is 0. The van der Waals surface area contributed by atoms with Crippen molar-refractivity contribution in [2.45, 2.75) is 13.3 Å². The van der Waals surface area contributed by atoms with Crippen LogP contribution < -0.4 is 5.56 Å². The van der Waals surface area contributed by atoms with Gasteiger partial charge in [-0.05, 0) is 12.5 Å². The Morgan fingerprint density at radius 1 is 1.44 bits per heavy atom. The van der Waals surface area contributed by atoms with Crippen LogP contribution in [0.2, 0.25) is 0 Å². The summed E-state index contributed by atoms with van der Waals surface area (Å²) in [7, 11) is 1.27. The third-order valence-corrected chi connectivity index (χ3v) is 2.35. The second-order valence-electron chi connectivity index (χ2n) is 3.74. The van der Waals surface area contributed by atoms with Gasteiger partial charge < -0.3 is 14.6 Å². The van der Waals surface area contributed by atoms with Crippen molar-refractivity contribution in [2.24, 2.45) is 0 Å². The van der Waals surface area contributed by atoms with E-state index in [0.29, 0.717) is 13.0 Å². The van der Waals surface area contributed by atoms with Crippen molar-refractivity contribution in [1.82, 2.24) is 9.88 Å². The van der Waals surface area contributed by atoms with Crippen LogP contribution >= 0.6 is 0 Å². The van der Waals surface area contributed by atoms with E-state index in [1.54, 1.807) is 0 Å². The minimum Gasteiger partial charge on any atom is -0.468 e. The van der Waals surface area contributed by atoms with Crippen LogP contribution in [0.1, 0.15) is 23.7 Å². The van der Waals surface area contributed by atoms with Gasteiger partial charge in [-0.15, -0.1) is 0 Å². The van der Waals surface area contributed by atoms with E-state index in [4.69, 9.17) is 0 Å². The molecule has 18 heavy (non-hydrogen) atoms. The Labute approximate surface area is 105 Å². The van der Waals surface area contributed by atoms with Crippen molar-refractivity contribution in [2.75, 3.05) is 20.2 Å². The molecule has 1 aromatic heterocycles. The van der Waals surface area contributed by atoms with E-state index in [9.17, 15) is 14.4 Å². The summed E-state index contributed by atoms with van der Waals surface area (Å²) in [6.07, 6.45) is 2.11. The summed E-state index contributed by atoms with van der Waals surface area (Å²) in [6.45, 7) is 2.21. The number of ether oxygens (including phenoxy) is 1. The molecule has 1 amide bonds. The van der Waals surface area contributed by atoms with E-state index in [1.165, 1.54) is 30.3 Å². The smallest absolute Gasteiger partial charge is 0.325 e. The van der Waals surface area contributed by atoms with Crippen molar-refractivity contribution < 1.29 is 14.3 Å². The molecule has 0 aromatic carbocycles. The van der Waals surface area contributed by atoms with Crippen LogP contribution in [-0.4, -0.2) is 42.0 Å². The summed E-state index contributed by atoms with van der Waals surface area (Å²) in [4.78, 5) is 38.2. The highest BCUT2D eigenvalue weighted by Crippen LogP contribution is 2.03. The molecular weight excluding hydrogens is 236 g/mol. The maximum Gasteiger partial charge on any atom is 0.325 e. The number of pyridine rings is 1. The molecule has 0 aliphatic rings. The van der Waals surface area contributed by atoms with Gasteiger partial charge >= 0.3 is 5.97 Å². The lowest BCUT2D eigenvalue weighted by atomic mass is 10.2. The Bertz CT molecular complexity index is 481. The fraction of sp³-hybridized carbons (Fsp3) is 0.417. The van der Waals surface area contributed by atoms with Crippen molar-refractivity contribution in [3.8, 4) is 0 Å². The van der Waals surface area contributed by atoms with Gasteiger partial charge in [-0.25, -0.2) is 0 Å². The van der Waals surface area contributed by atoms with Gasteiger partial charge in [-0.3, -0.25) is 14.4 Å². The molecule has 0 unspecified atom stereocenters. The number of hydrogen-bond acceptors (Lipinski definition) is 4. The number of nitrogens with one attached hydrogen (secondary N) is 1. The van der Waals surface area contributed by atoms with E-state index in [1.807, 2.05) is 6.92 Å². The van der Waals surface area contributed by atoms with Crippen LogP contribution in [0, 0.1) is 0 Å². The molecule has 6 nitrogen and oxygen atoms in total. The molecule has 0 spiro atoms. The maximum absolute atomic E-state index is 12.1. The minimum absolute atomic E-state index is 0.115. The number of carbonyl (C=O) groups excluding carboxylic acids is 2. The van der Waals surface area contributed by atoms with Crippen molar-refractivity contribution >= 4 is 11.9 Å². The van der Waals surface area contributed by atoms with Crippen molar-refractivity contribution in [3.05, 3.63) is 34.2 Å². The first-order chi connectivity index (χ1) is 8.58. The lowest BCUT2D eigenvalue weighted by Gasteiger charge is -2.20. The number of nitrogens with zero attached hydrogens (tertiary/aromatic N) is 1. The number of aromatic amines is 1. The third kappa shape index (κ3) is 3.73. The van der Waals surface area contributed by atoms with Crippen LogP contribution in [0.3, 0.4) is 0 Å². The number of hydrogen-bond donors (Lipinski definition) is 1. The average Bonchev–Trinajstić information content (AvgIpc) is 2.37. The molecule has 98 valence electrons. The Balaban J connectivity index is 2.88. The van der Waals surface area contributed by atoms with E-state index in [0.717, 1.165) is 0 Å². The van der Waals surface area contributed by atoms with E-state index < -0.39 is 5.97 Å². The monoisotopic (exact) mass is 252 g/mol. The van der Waals surface area contributed by atoms with Gasteiger partial charge in [0.1, 0.15) is 6.54 Å². The summed E-state index contributed by atoms with van der Waals surface area (Å²) in [6, 6.07) is 2.71. The summed E-state index contributed by atoms with van der Waals surface area (Å²) < 4.78 is 4.54. The molecule has 0 atom stereocenters. The fourth-order valence-corrected chi connectivity index (χ4v) is 1.50. The van der Waals surface area contributed by atoms with Gasteiger partial charge in [0.05, 0.1) is 7.11 Å². The number of H-pyrrole nitrogens is 1. The van der Waals surface area contributed by atoms with E-state index in [-0.39, 0.29) is 23.6 Å². The van der Waals surface area contributed by atoms with Crippen LogP contribution in [0.5, 0.6) is 0 Å². The predicted molar refractivity (Wildman–Crippen MR) is 65.3 cm³/mol. The lowest BCUT2D eigenvalue weighted by Crippen LogP contribution is -2.37. The Hall–Kier alpha value is -2.11. The summed E-state index contributed by atoms with van der Waals surface area (Å²) in [5.74, 6) is -0.838. The topological polar surface area (TPSA) is 79.5 Å². The Morgan fingerprint density at radius 3 is 2.72 bits per heavy atom. The normalized spacial score (nSPS) is 9.89. The molecule has 0 saturated carbocycles. The highest BCUT2D eigenvalue weighted by Gasteiger charge is 2.18. The number of esters is 1. The quantitative estimate of drug-likeness (QED) is 0.769. The number of methoxy groups -OCH3 is 1. The molecular formula is C12H16N2O4. The molecule has 0 saturated heterocycles. The number of carbonyl (C=O) groups is 2. The SMILES string of the molecule is CCCN(CC(=O)OC)C(=O)c1cc[nH]c(=O)c1. The standard InChI is InChI=1S/C12H16N2O4/c1-3-6-14(8-11(16)18-2)12(17)9-4-5-13-10(15)7-9/h4-5,7H,3,6,8H2,1-2H3,(H,13,15). The molecule has 0 aliphatic heterocycles. The number of aromatic nitrogens is 1. The number of rotatable bonds is 5. The second-order valence-corrected chi connectivity index (χ2v) is 3.74. The molecule has 0 bridgehead atoms. The van der Waals surface area contributed by atoms with Crippen molar-refractivity contribution in [3.63, 3.8) is 0 Å². The third-order valence-electron chi connectivity index (χ3n) is 2.35. The molecule has 1 N–H and O–H groups in total. The molecule has 0 fully saturated rings. The first-order valence-corrected chi connectivity index (χ1v) is 5.63. The average molecular weight is 252 g/mol. The van der Waals surface area contributed by atoms with Crippen molar-refractivity contribution in [1.29, 1.82) is 0 Å². The van der Waals surface area contributed by atoms with Crippen LogP contribution in [0.25, 0.3) is 0 Å². The highest BCUT2D eigenvalue weighted by atomic mass is 16.5. The van der Waals surface area contributed by atoms with E-state index in [2.05, 4.69) is 9.72 Å². The van der Waals surface area contributed by atoms with Crippen LogP contribution in [0.4, 0.5) is 0 Å². The lowest BCUT2D eigenvalue weighted by molar-refractivity contribution is -0.141. The van der Waals surface area contributed by atoms with E-state index >= 15 is 0 Å². The van der Waals surface area contributed by atoms with Gasteiger partial charge in [-0.1, -0.05) is 6.92 Å². The Kier molecular flexibility index (Phi) is 5.10. The van der Waals surface area contributed by atoms with Gasteiger partial charge in [0.2, 0.25) is 5.56 Å². The zero-order chi connectivity index (χ0) is 13.5. The number of amides is 1. The zero-order valence-electron chi connectivity index (χ0n) is 10.4. The first kappa shape index (κ1) is 14.0. The molecule has 0 radical (unpaired) electrons. The predicted octanol–water partition coefficient (Wildman–Crippen LogP) is 0.400. The van der Waals surface area contributed by atoms with Crippen LogP contribution in [-0.2, 0) is 9.53 Å². The molecule has 1 aromatic rings. The molecule has 6 heteroatoms. The summed E-state index contributed by atoms with van der Waals surface area (Å²) >= 11 is 0. The highest BCUT2D eigenvalue weighted by molar-refractivity contribution is 5.95. The van der Waals surface area contributed by atoms with Gasteiger partial charge in [0.25, 0.3) is 5.91 Å². The molecule has 0 aliphatic carbocycles. The summed E-state index contributed by atoms with van der Waals surface area (Å²) in [5.41, 5.74) is -0.0912. The van der Waals surface area contributed by atoms with Crippen LogP contribution in [0.15, 0.2) is 23.1 Å². The first-order valence-electron chi connectivity index (χ1n) is 5.63. The van der Waals surface area contributed by atoms with Gasteiger partial charge in [0.15, 0.2) is 0 Å². The molecule has 1 rings (SSSR count). The second kappa shape index (κ2) is 6.58. The largest absolute Gasteiger partial charge is 0.468 e. The maximum atomic E-state index is 12.1. The fourth-order valence-electron chi connectivity index (χ4n) is 1.50. The Morgan fingerprint density at radius 2 is 2.17 bits per heavy atom. The zero-order valence-corrected chi connectivity index (χ0v) is 10.4.